The van der Waals surface area contributed by atoms with E-state index in [0.717, 1.165) is 23.1 Å². The minimum atomic E-state index is -0.374. The van der Waals surface area contributed by atoms with Crippen LogP contribution >= 0.6 is 0 Å². The molecule has 4 heteroatoms. The molecule has 0 fully saturated rings. The van der Waals surface area contributed by atoms with E-state index >= 15 is 0 Å². The molecule has 2 rings (SSSR count). The number of ether oxygens (including phenoxy) is 1. The van der Waals surface area contributed by atoms with Crippen LogP contribution in [0.5, 0.6) is 0 Å². The maximum absolute atomic E-state index is 11.5. The molecule has 1 N–H and O–H groups in total. The molecule has 0 heterocycles. The summed E-state index contributed by atoms with van der Waals surface area (Å²) in [5.74, 6) is 5.74. The SMILES string of the molecule is COC(=O)c1cccc(C#Cc2ccc(CC(C)NC(C)=O)cc2)c1. The van der Waals surface area contributed by atoms with Gasteiger partial charge in [-0.1, -0.05) is 30.0 Å². The fourth-order valence-electron chi connectivity index (χ4n) is 2.46. The number of amides is 1. The Balaban J connectivity index is 2.06. The molecule has 1 amide bonds. The molecule has 128 valence electrons. The van der Waals surface area contributed by atoms with Crippen LogP contribution in [-0.4, -0.2) is 25.0 Å². The molecule has 25 heavy (non-hydrogen) atoms. The predicted octanol–water partition coefficient (Wildman–Crippen LogP) is 2.94. The van der Waals surface area contributed by atoms with Crippen molar-refractivity contribution in [1.29, 1.82) is 0 Å². The first-order valence-corrected chi connectivity index (χ1v) is 8.04. The summed E-state index contributed by atoms with van der Waals surface area (Å²) in [5, 5.41) is 2.87. The van der Waals surface area contributed by atoms with Crippen molar-refractivity contribution in [3.63, 3.8) is 0 Å². The second kappa shape index (κ2) is 8.70. The van der Waals surface area contributed by atoms with Crippen molar-refractivity contribution in [2.24, 2.45) is 0 Å². The lowest BCUT2D eigenvalue weighted by atomic mass is 10.0. The Morgan fingerprint density at radius 3 is 2.40 bits per heavy atom. The first kappa shape index (κ1) is 18.3. The van der Waals surface area contributed by atoms with Crippen molar-refractivity contribution in [3.8, 4) is 11.8 Å². The number of hydrogen-bond donors (Lipinski definition) is 1. The van der Waals surface area contributed by atoms with E-state index in [1.165, 1.54) is 14.0 Å². The smallest absolute Gasteiger partial charge is 0.337 e. The molecule has 1 atom stereocenters. The van der Waals surface area contributed by atoms with E-state index < -0.39 is 0 Å². The highest BCUT2D eigenvalue weighted by Crippen LogP contribution is 2.08. The fourth-order valence-corrected chi connectivity index (χ4v) is 2.46. The highest BCUT2D eigenvalue weighted by atomic mass is 16.5. The van der Waals surface area contributed by atoms with Crippen molar-refractivity contribution < 1.29 is 14.3 Å². The first-order valence-electron chi connectivity index (χ1n) is 8.04. The summed E-state index contributed by atoms with van der Waals surface area (Å²) < 4.78 is 4.71. The van der Waals surface area contributed by atoms with Crippen LogP contribution in [0.15, 0.2) is 48.5 Å². The van der Waals surface area contributed by atoms with Crippen molar-refractivity contribution in [2.45, 2.75) is 26.3 Å². The lowest BCUT2D eigenvalue weighted by Crippen LogP contribution is -2.31. The average molecular weight is 335 g/mol. The van der Waals surface area contributed by atoms with E-state index in [1.807, 2.05) is 37.3 Å². The molecular weight excluding hydrogens is 314 g/mol. The second-order valence-corrected chi connectivity index (χ2v) is 5.83. The second-order valence-electron chi connectivity index (χ2n) is 5.83. The number of carbonyl (C=O) groups excluding carboxylic acids is 2. The normalized spacial score (nSPS) is 11.0. The van der Waals surface area contributed by atoms with Crippen LogP contribution < -0.4 is 5.32 Å². The van der Waals surface area contributed by atoms with Crippen LogP contribution in [0.2, 0.25) is 0 Å². The Bertz CT molecular complexity index is 813. The topological polar surface area (TPSA) is 55.4 Å². The minimum Gasteiger partial charge on any atom is -0.465 e. The fraction of sp³-hybridized carbons (Fsp3) is 0.238. The molecule has 2 aromatic carbocycles. The van der Waals surface area contributed by atoms with Crippen LogP contribution in [0.4, 0.5) is 0 Å². The lowest BCUT2D eigenvalue weighted by Gasteiger charge is -2.12. The van der Waals surface area contributed by atoms with E-state index in [2.05, 4.69) is 17.2 Å². The van der Waals surface area contributed by atoms with E-state index in [9.17, 15) is 9.59 Å². The zero-order chi connectivity index (χ0) is 18.2. The number of nitrogens with one attached hydrogen (secondary N) is 1. The molecular formula is C21H21NO3. The van der Waals surface area contributed by atoms with Gasteiger partial charge in [-0.3, -0.25) is 4.79 Å². The van der Waals surface area contributed by atoms with Gasteiger partial charge in [-0.05, 0) is 49.2 Å². The van der Waals surface area contributed by atoms with Gasteiger partial charge < -0.3 is 10.1 Å². The van der Waals surface area contributed by atoms with Gasteiger partial charge in [0.15, 0.2) is 0 Å². The number of hydrogen-bond acceptors (Lipinski definition) is 3. The van der Waals surface area contributed by atoms with E-state index in [-0.39, 0.29) is 17.9 Å². The number of esters is 1. The lowest BCUT2D eigenvalue weighted by molar-refractivity contribution is -0.119. The standard InChI is InChI=1S/C21H21NO3/c1-15(22-16(2)23)13-19-11-8-17(9-12-19)7-10-18-5-4-6-20(14-18)21(24)25-3/h4-6,8-9,11-12,14-15H,13H2,1-3H3,(H,22,23). The largest absolute Gasteiger partial charge is 0.465 e. The van der Waals surface area contributed by atoms with E-state index in [1.54, 1.807) is 18.2 Å². The Morgan fingerprint density at radius 2 is 1.76 bits per heavy atom. The van der Waals surface area contributed by atoms with Gasteiger partial charge in [0.25, 0.3) is 0 Å². The third-order valence-electron chi connectivity index (χ3n) is 3.58. The summed E-state index contributed by atoms with van der Waals surface area (Å²) in [6.45, 7) is 3.49. The number of rotatable bonds is 4. The zero-order valence-electron chi connectivity index (χ0n) is 14.6. The third-order valence-corrected chi connectivity index (χ3v) is 3.58. The Hall–Kier alpha value is -3.06. The summed E-state index contributed by atoms with van der Waals surface area (Å²) in [4.78, 5) is 22.6. The summed E-state index contributed by atoms with van der Waals surface area (Å²) in [6.07, 6.45) is 0.772. The van der Waals surface area contributed by atoms with Gasteiger partial charge in [0.2, 0.25) is 5.91 Å². The minimum absolute atomic E-state index is 0.0239. The molecule has 0 aliphatic heterocycles. The van der Waals surface area contributed by atoms with Crippen molar-refractivity contribution in [1.82, 2.24) is 5.32 Å². The summed E-state index contributed by atoms with van der Waals surface area (Å²) in [7, 11) is 1.36. The summed E-state index contributed by atoms with van der Waals surface area (Å²) >= 11 is 0. The number of methoxy groups -OCH3 is 1. The van der Waals surface area contributed by atoms with Crippen molar-refractivity contribution >= 4 is 11.9 Å². The Kier molecular flexibility index (Phi) is 6.36. The zero-order valence-corrected chi connectivity index (χ0v) is 14.6. The van der Waals surface area contributed by atoms with E-state index in [4.69, 9.17) is 4.74 Å². The predicted molar refractivity (Wildman–Crippen MR) is 97.2 cm³/mol. The Morgan fingerprint density at radius 1 is 1.08 bits per heavy atom. The van der Waals surface area contributed by atoms with Crippen LogP contribution in [0.25, 0.3) is 0 Å². The van der Waals surface area contributed by atoms with Gasteiger partial charge in [0.1, 0.15) is 0 Å². The number of carbonyl (C=O) groups is 2. The summed E-state index contributed by atoms with van der Waals surface area (Å²) in [5.41, 5.74) is 3.27. The third kappa shape index (κ3) is 5.82. The molecule has 1 unspecified atom stereocenters. The molecule has 0 saturated heterocycles. The van der Waals surface area contributed by atoms with Gasteiger partial charge in [-0.25, -0.2) is 4.79 Å². The van der Waals surface area contributed by atoms with Gasteiger partial charge in [-0.2, -0.15) is 0 Å². The maximum Gasteiger partial charge on any atom is 0.337 e. The quantitative estimate of drug-likeness (QED) is 0.690. The molecule has 0 aliphatic carbocycles. The van der Waals surface area contributed by atoms with Crippen LogP contribution in [0.3, 0.4) is 0 Å². The maximum atomic E-state index is 11.5. The first-order chi connectivity index (χ1) is 12.0. The Labute approximate surface area is 148 Å². The molecule has 0 spiro atoms. The van der Waals surface area contributed by atoms with Crippen LogP contribution in [0, 0.1) is 11.8 Å². The molecule has 0 bridgehead atoms. The molecule has 0 radical (unpaired) electrons. The molecule has 0 aromatic heterocycles. The highest BCUT2D eigenvalue weighted by Gasteiger charge is 2.05. The van der Waals surface area contributed by atoms with Crippen molar-refractivity contribution in [2.75, 3.05) is 7.11 Å². The summed E-state index contributed by atoms with van der Waals surface area (Å²) in [6, 6.07) is 15.0. The molecule has 4 nitrogen and oxygen atoms in total. The van der Waals surface area contributed by atoms with Crippen molar-refractivity contribution in [3.05, 3.63) is 70.8 Å². The van der Waals surface area contributed by atoms with Crippen LogP contribution in [0.1, 0.15) is 40.9 Å². The number of benzene rings is 2. The van der Waals surface area contributed by atoms with Gasteiger partial charge in [-0.15, -0.1) is 0 Å². The molecule has 2 aromatic rings. The van der Waals surface area contributed by atoms with Gasteiger partial charge in [0.05, 0.1) is 12.7 Å². The monoisotopic (exact) mass is 335 g/mol. The van der Waals surface area contributed by atoms with Crippen LogP contribution in [-0.2, 0) is 16.0 Å². The van der Waals surface area contributed by atoms with Gasteiger partial charge >= 0.3 is 5.97 Å². The van der Waals surface area contributed by atoms with E-state index in [0.29, 0.717) is 5.56 Å². The average Bonchev–Trinajstić information content (AvgIpc) is 2.60. The molecule has 0 saturated carbocycles. The van der Waals surface area contributed by atoms with Gasteiger partial charge in [0, 0.05) is 24.1 Å². The molecule has 0 aliphatic rings. The highest BCUT2D eigenvalue weighted by molar-refractivity contribution is 5.89.